The van der Waals surface area contributed by atoms with Crippen LogP contribution < -0.4 is 4.31 Å². The van der Waals surface area contributed by atoms with E-state index in [1.807, 2.05) is 6.92 Å². The van der Waals surface area contributed by atoms with Gasteiger partial charge in [0.1, 0.15) is 18.8 Å². The van der Waals surface area contributed by atoms with Gasteiger partial charge in [-0.3, -0.25) is 0 Å². The average molecular weight is 669 g/mol. The van der Waals surface area contributed by atoms with Crippen LogP contribution in [-0.4, -0.2) is 95.2 Å². The van der Waals surface area contributed by atoms with Crippen LogP contribution in [0.2, 0.25) is 0 Å². The zero-order valence-corrected chi connectivity index (χ0v) is 27.0. The number of sulfonamides is 1. The molecule has 0 radical (unpaired) electrons. The zero-order valence-electron chi connectivity index (χ0n) is 25.3. The number of benzene rings is 1. The van der Waals surface area contributed by atoms with Gasteiger partial charge in [-0.1, -0.05) is 30.0 Å². The zero-order chi connectivity index (χ0) is 32.3. The molecular weight excluding hydrogens is 634 g/mol. The van der Waals surface area contributed by atoms with Crippen LogP contribution in [0.25, 0.3) is 11.2 Å². The standard InChI is InChI=1S/C28H34F2N6O7S2/c1-6-9-44-27-31-25-22(26(32-27)36(45(5,38)39)18-11-15(18)14-7-8-16(29)17(30)10-14)33-34-35(25)19-12-20(41-13-21(37)40-4)24-23(19)42-28(2,3)43-24/h7-8,10,15,18-20,23-24H,6,9,11-13H2,1-5H3/t15-,18+,19+,20-,23-,24+/m0/s1. The molecular formula is C28H34F2N6O7S2. The van der Waals surface area contributed by atoms with E-state index < -0.39 is 63.8 Å². The average Bonchev–Trinajstić information content (AvgIpc) is 3.35. The molecule has 2 saturated carbocycles. The summed E-state index contributed by atoms with van der Waals surface area (Å²) in [6.07, 6.45) is 1.01. The van der Waals surface area contributed by atoms with Crippen LogP contribution in [-0.2, 0) is 33.8 Å². The van der Waals surface area contributed by atoms with Crippen LogP contribution in [0, 0.1) is 11.6 Å². The fourth-order valence-corrected chi connectivity index (χ4v) is 7.93. The fraction of sp³-hybridized carbons (Fsp3) is 0.607. The van der Waals surface area contributed by atoms with Gasteiger partial charge in [-0.15, -0.1) is 5.10 Å². The topological polar surface area (TPSA) is 148 Å². The van der Waals surface area contributed by atoms with Gasteiger partial charge in [-0.05, 0) is 44.4 Å². The molecule has 6 rings (SSSR count). The number of hydrogen-bond donors (Lipinski definition) is 0. The largest absolute Gasteiger partial charge is 0.467 e. The Morgan fingerprint density at radius 1 is 1.18 bits per heavy atom. The van der Waals surface area contributed by atoms with Crippen LogP contribution in [0.4, 0.5) is 14.6 Å². The van der Waals surface area contributed by atoms with Crippen molar-refractivity contribution in [3.05, 3.63) is 35.4 Å². The number of ether oxygens (including phenoxy) is 4. The Morgan fingerprint density at radius 2 is 1.93 bits per heavy atom. The van der Waals surface area contributed by atoms with E-state index in [2.05, 4.69) is 15.3 Å². The van der Waals surface area contributed by atoms with E-state index in [-0.39, 0.29) is 23.9 Å². The second-order valence-electron chi connectivity index (χ2n) is 11.8. The lowest BCUT2D eigenvalue weighted by Crippen LogP contribution is -2.34. The van der Waals surface area contributed by atoms with Gasteiger partial charge in [0, 0.05) is 18.1 Å². The SMILES string of the molecule is CCCSc1nc(N([C@@H]2C[C@H]2c2ccc(F)c(F)c2)S(C)(=O)=O)c2nnn([C@@H]3C[C@H](OCC(=O)OC)[C@H]4OC(C)(C)O[C@H]43)c2n1. The number of fused-ring (bicyclic) bond motifs is 2. The molecule has 3 heterocycles. The molecule has 244 valence electrons. The number of rotatable bonds is 11. The third kappa shape index (κ3) is 6.24. The first kappa shape index (κ1) is 32.0. The minimum atomic E-state index is -3.93. The Balaban J connectivity index is 1.41. The number of esters is 1. The summed E-state index contributed by atoms with van der Waals surface area (Å²) in [6, 6.07) is 2.49. The number of aromatic nitrogens is 5. The van der Waals surface area contributed by atoms with Crippen molar-refractivity contribution in [1.29, 1.82) is 0 Å². The van der Waals surface area contributed by atoms with E-state index in [1.54, 1.807) is 18.5 Å². The van der Waals surface area contributed by atoms with Gasteiger partial charge in [0.2, 0.25) is 10.0 Å². The van der Waals surface area contributed by atoms with Crippen molar-refractivity contribution in [3.63, 3.8) is 0 Å². The van der Waals surface area contributed by atoms with Gasteiger partial charge in [0.25, 0.3) is 0 Å². The molecule has 0 unspecified atom stereocenters. The maximum atomic E-state index is 14.1. The quantitative estimate of drug-likeness (QED) is 0.168. The highest BCUT2D eigenvalue weighted by atomic mass is 32.2. The molecule has 3 fully saturated rings. The highest BCUT2D eigenvalue weighted by Gasteiger charge is 2.56. The Kier molecular flexibility index (Phi) is 8.52. The Bertz CT molecular complexity index is 1720. The Labute approximate surface area is 263 Å². The van der Waals surface area contributed by atoms with Crippen molar-refractivity contribution in [1.82, 2.24) is 25.0 Å². The first-order chi connectivity index (χ1) is 21.3. The molecule has 17 heteroatoms. The smallest absolute Gasteiger partial charge is 0.331 e. The summed E-state index contributed by atoms with van der Waals surface area (Å²) in [4.78, 5) is 21.2. The maximum absolute atomic E-state index is 14.1. The van der Waals surface area contributed by atoms with Crippen LogP contribution in [0.1, 0.15) is 57.6 Å². The molecule has 6 atom stereocenters. The van der Waals surface area contributed by atoms with Gasteiger partial charge >= 0.3 is 5.97 Å². The van der Waals surface area contributed by atoms with Gasteiger partial charge in [-0.2, -0.15) is 0 Å². The maximum Gasteiger partial charge on any atom is 0.331 e. The molecule has 0 N–H and O–H groups in total. The van der Waals surface area contributed by atoms with Gasteiger partial charge in [0.15, 0.2) is 39.6 Å². The molecule has 2 aliphatic carbocycles. The molecule has 2 aromatic heterocycles. The summed E-state index contributed by atoms with van der Waals surface area (Å²) in [6.45, 7) is 5.29. The molecule has 0 amide bonds. The van der Waals surface area contributed by atoms with E-state index in [4.69, 9.17) is 23.9 Å². The van der Waals surface area contributed by atoms with E-state index >= 15 is 0 Å². The Hall–Kier alpha value is -2.99. The molecule has 1 saturated heterocycles. The van der Waals surface area contributed by atoms with E-state index in [0.717, 1.165) is 24.8 Å². The van der Waals surface area contributed by atoms with Gasteiger partial charge in [0.05, 0.1) is 31.6 Å². The summed E-state index contributed by atoms with van der Waals surface area (Å²) < 4.78 is 80.1. The van der Waals surface area contributed by atoms with E-state index in [1.165, 1.54) is 29.2 Å². The predicted octanol–water partition coefficient (Wildman–Crippen LogP) is 3.35. The molecule has 3 aromatic rings. The number of thioether (sulfide) groups is 1. The normalized spacial score (nSPS) is 27.1. The van der Waals surface area contributed by atoms with Crippen molar-refractivity contribution in [3.8, 4) is 0 Å². The molecule has 13 nitrogen and oxygen atoms in total. The summed E-state index contributed by atoms with van der Waals surface area (Å²) in [5, 5.41) is 9.11. The van der Waals surface area contributed by atoms with Crippen LogP contribution in [0.15, 0.2) is 23.4 Å². The Morgan fingerprint density at radius 3 is 2.62 bits per heavy atom. The summed E-state index contributed by atoms with van der Waals surface area (Å²) >= 11 is 1.36. The van der Waals surface area contributed by atoms with Crippen molar-refractivity contribution in [2.45, 2.75) is 87.3 Å². The van der Waals surface area contributed by atoms with Crippen molar-refractivity contribution in [2.75, 3.05) is 30.0 Å². The molecule has 1 aliphatic heterocycles. The third-order valence-corrected chi connectivity index (χ3v) is 10.3. The number of methoxy groups -OCH3 is 1. The lowest BCUT2D eigenvalue weighted by atomic mass is 10.1. The number of nitrogens with zero attached hydrogens (tertiary/aromatic N) is 6. The van der Waals surface area contributed by atoms with Crippen molar-refractivity contribution in [2.24, 2.45) is 0 Å². The number of carbonyl (C=O) groups excluding carboxylic acids is 1. The van der Waals surface area contributed by atoms with Crippen molar-refractivity contribution >= 4 is 44.7 Å². The molecule has 0 spiro atoms. The molecule has 1 aromatic carbocycles. The van der Waals surface area contributed by atoms with E-state index in [9.17, 15) is 22.0 Å². The van der Waals surface area contributed by atoms with Crippen LogP contribution in [0.5, 0.6) is 0 Å². The van der Waals surface area contributed by atoms with Crippen molar-refractivity contribution < 1.29 is 40.9 Å². The van der Waals surface area contributed by atoms with Crippen LogP contribution in [0.3, 0.4) is 0 Å². The molecule has 0 bridgehead atoms. The highest BCUT2D eigenvalue weighted by Crippen LogP contribution is 2.49. The second-order valence-corrected chi connectivity index (χ2v) is 14.7. The number of anilines is 1. The minimum Gasteiger partial charge on any atom is -0.467 e. The molecule has 45 heavy (non-hydrogen) atoms. The lowest BCUT2D eigenvalue weighted by molar-refractivity contribution is -0.173. The number of halogens is 2. The minimum absolute atomic E-state index is 0.0550. The van der Waals surface area contributed by atoms with Crippen LogP contribution >= 0.6 is 11.8 Å². The predicted molar refractivity (Wildman–Crippen MR) is 158 cm³/mol. The first-order valence-electron chi connectivity index (χ1n) is 14.6. The molecule has 3 aliphatic rings. The number of hydrogen-bond acceptors (Lipinski definition) is 12. The number of carbonyl (C=O) groups is 1. The first-order valence-corrected chi connectivity index (χ1v) is 17.4. The van der Waals surface area contributed by atoms with E-state index in [0.29, 0.717) is 35.0 Å². The third-order valence-electron chi connectivity index (χ3n) is 8.06. The lowest BCUT2D eigenvalue weighted by Gasteiger charge is -2.24. The summed E-state index contributed by atoms with van der Waals surface area (Å²) in [5.74, 6) is -3.09. The monoisotopic (exact) mass is 668 g/mol. The van der Waals surface area contributed by atoms with Gasteiger partial charge < -0.3 is 18.9 Å². The fourth-order valence-electron chi connectivity index (χ4n) is 6.08. The second kappa shape index (κ2) is 12.0. The highest BCUT2D eigenvalue weighted by molar-refractivity contribution is 7.99. The summed E-state index contributed by atoms with van der Waals surface area (Å²) in [5.41, 5.74) is 0.937. The summed E-state index contributed by atoms with van der Waals surface area (Å²) in [7, 11) is -2.65. The van der Waals surface area contributed by atoms with Gasteiger partial charge in [-0.25, -0.2) is 40.9 Å².